The Kier molecular flexibility index (Phi) is 5.36. The maximum Gasteiger partial charge on any atom is 0.365 e. The number of hydrogen-bond donors (Lipinski definition) is 4. The minimum absolute atomic E-state index is 0.00936. The van der Waals surface area contributed by atoms with Crippen molar-refractivity contribution in [2.45, 2.75) is 18.9 Å². The number of piperidine rings is 1. The highest BCUT2D eigenvalue weighted by Gasteiger charge is 2.29. The molecule has 1 aliphatic heterocycles. The summed E-state index contributed by atoms with van der Waals surface area (Å²) in [6.45, 7) is 1.82. The van der Waals surface area contributed by atoms with Crippen molar-refractivity contribution < 1.29 is 22.9 Å². The number of carboxylic acids is 1. The van der Waals surface area contributed by atoms with Gasteiger partial charge in [0.05, 0.1) is 17.4 Å². The van der Waals surface area contributed by atoms with Crippen LogP contribution in [0.1, 0.15) is 23.3 Å². The molecule has 0 aromatic carbocycles. The van der Waals surface area contributed by atoms with E-state index in [2.05, 4.69) is 20.6 Å². The molecular formula is C14H17N5O5S2. The number of pyridine rings is 1. The largest absolute Gasteiger partial charge is 0.476 e. The molecule has 0 spiro atoms. The van der Waals surface area contributed by atoms with Gasteiger partial charge < -0.3 is 15.7 Å². The number of nitrogens with one attached hydrogen (secondary N) is 2. The molecule has 0 radical (unpaired) electrons. The van der Waals surface area contributed by atoms with E-state index in [9.17, 15) is 17.8 Å². The van der Waals surface area contributed by atoms with Gasteiger partial charge in [-0.05, 0) is 38.1 Å². The summed E-state index contributed by atoms with van der Waals surface area (Å²) in [5.41, 5.74) is 0.733. The summed E-state index contributed by atoms with van der Waals surface area (Å²) in [6.07, 6.45) is 3.15. The highest BCUT2D eigenvalue weighted by molar-refractivity contribution is 7.87. The van der Waals surface area contributed by atoms with E-state index >= 15 is 0 Å². The zero-order valence-corrected chi connectivity index (χ0v) is 15.1. The molecule has 0 unspecified atom stereocenters. The first-order valence-electron chi connectivity index (χ1n) is 7.74. The fourth-order valence-electron chi connectivity index (χ4n) is 2.65. The summed E-state index contributed by atoms with van der Waals surface area (Å²) < 4.78 is 33.7. The van der Waals surface area contributed by atoms with E-state index in [1.54, 1.807) is 6.07 Å². The van der Waals surface area contributed by atoms with Crippen LogP contribution < -0.4 is 14.9 Å². The van der Waals surface area contributed by atoms with Gasteiger partial charge in [0.25, 0.3) is 0 Å². The molecular weight excluding hydrogens is 382 g/mol. The smallest absolute Gasteiger partial charge is 0.365 e. The van der Waals surface area contributed by atoms with Crippen molar-refractivity contribution in [1.82, 2.24) is 15.3 Å². The molecule has 1 saturated heterocycles. The molecule has 1 fully saturated rings. The molecule has 26 heavy (non-hydrogen) atoms. The number of anilines is 3. The van der Waals surface area contributed by atoms with Crippen molar-refractivity contribution >= 4 is 44.1 Å². The Bertz CT molecular complexity index is 877. The van der Waals surface area contributed by atoms with Crippen LogP contribution in [0.5, 0.6) is 0 Å². The van der Waals surface area contributed by atoms with Crippen LogP contribution in [0.15, 0.2) is 23.8 Å². The fraction of sp³-hybridized carbons (Fsp3) is 0.357. The lowest BCUT2D eigenvalue weighted by molar-refractivity contribution is 0.0692. The molecule has 140 valence electrons. The molecule has 2 aromatic heterocycles. The molecule has 12 heteroatoms. The summed E-state index contributed by atoms with van der Waals surface area (Å²) in [6, 6.07) is 3.29. The van der Waals surface area contributed by atoms with Gasteiger partial charge in [0, 0.05) is 6.04 Å². The van der Waals surface area contributed by atoms with E-state index in [1.165, 1.54) is 17.8 Å². The Balaban J connectivity index is 1.88. The van der Waals surface area contributed by atoms with Crippen LogP contribution in [0.4, 0.5) is 16.5 Å². The number of thiazole rings is 1. The van der Waals surface area contributed by atoms with Crippen molar-refractivity contribution in [3.05, 3.63) is 29.5 Å². The van der Waals surface area contributed by atoms with Crippen LogP contribution in [-0.4, -0.2) is 53.1 Å². The summed E-state index contributed by atoms with van der Waals surface area (Å²) >= 11 is 0.785. The Labute approximate surface area is 153 Å². The molecule has 4 N–H and O–H groups in total. The molecule has 3 heterocycles. The maximum absolute atomic E-state index is 11.8. The van der Waals surface area contributed by atoms with Crippen LogP contribution in [0.3, 0.4) is 0 Å². The normalized spacial score (nSPS) is 15.6. The summed E-state index contributed by atoms with van der Waals surface area (Å²) in [5, 5.41) is 15.5. The average molecular weight is 399 g/mol. The third-order valence-corrected chi connectivity index (χ3v) is 5.62. The zero-order valence-electron chi connectivity index (χ0n) is 13.5. The van der Waals surface area contributed by atoms with E-state index in [4.69, 9.17) is 5.11 Å². The van der Waals surface area contributed by atoms with Gasteiger partial charge in [0.2, 0.25) is 0 Å². The zero-order chi connectivity index (χ0) is 18.7. The average Bonchev–Trinajstić information content (AvgIpc) is 3.06. The Morgan fingerprint density at radius 3 is 2.62 bits per heavy atom. The monoisotopic (exact) mass is 399 g/mol. The number of aromatic carboxylic acids is 1. The van der Waals surface area contributed by atoms with E-state index < -0.39 is 22.0 Å². The van der Waals surface area contributed by atoms with E-state index in [1.807, 2.05) is 0 Å². The van der Waals surface area contributed by atoms with Gasteiger partial charge in [0.15, 0.2) is 5.69 Å². The third kappa shape index (κ3) is 4.09. The first-order chi connectivity index (χ1) is 12.4. The minimum Gasteiger partial charge on any atom is -0.476 e. The first kappa shape index (κ1) is 18.5. The Morgan fingerprint density at radius 1 is 1.31 bits per heavy atom. The molecule has 0 atom stereocenters. The van der Waals surface area contributed by atoms with Crippen molar-refractivity contribution in [1.29, 1.82) is 0 Å². The topological polar surface area (TPSA) is 145 Å². The van der Waals surface area contributed by atoms with Gasteiger partial charge in [-0.15, -0.1) is 11.3 Å². The standard InChI is InChI=1S/C14H17N5O5S2/c20-14(21)12-13(25-8-17-12)19(26(22,23)24)10-1-2-11(16-7-10)18-9-3-5-15-6-4-9/h1-2,7-9,15H,3-6H2,(H,16,18)(H,20,21)(H,22,23,24). The summed E-state index contributed by atoms with van der Waals surface area (Å²) in [7, 11) is -4.77. The Hall–Kier alpha value is -2.28. The minimum atomic E-state index is -4.77. The predicted molar refractivity (Wildman–Crippen MR) is 96.5 cm³/mol. The molecule has 3 rings (SSSR count). The fourth-order valence-corrected chi connectivity index (χ4v) is 4.45. The van der Waals surface area contributed by atoms with Gasteiger partial charge in [-0.2, -0.15) is 8.42 Å². The molecule has 0 bridgehead atoms. The second kappa shape index (κ2) is 7.53. The number of aromatic nitrogens is 2. The number of carbonyl (C=O) groups is 1. The molecule has 10 nitrogen and oxygen atoms in total. The third-order valence-electron chi connectivity index (χ3n) is 3.84. The van der Waals surface area contributed by atoms with Crippen LogP contribution >= 0.6 is 11.3 Å². The van der Waals surface area contributed by atoms with Crippen molar-refractivity contribution in [3.63, 3.8) is 0 Å². The van der Waals surface area contributed by atoms with E-state index in [0.29, 0.717) is 10.1 Å². The molecule has 1 aliphatic rings. The van der Waals surface area contributed by atoms with Gasteiger partial charge in [-0.25, -0.2) is 19.1 Å². The van der Waals surface area contributed by atoms with Crippen LogP contribution in [0.25, 0.3) is 0 Å². The second-order valence-corrected chi connectivity index (χ2v) is 7.72. The number of carboxylic acid groups (broad SMARTS) is 1. The van der Waals surface area contributed by atoms with Gasteiger partial charge in [-0.3, -0.25) is 4.55 Å². The van der Waals surface area contributed by atoms with Crippen molar-refractivity contribution in [2.75, 3.05) is 22.7 Å². The number of hydrogen-bond acceptors (Lipinski definition) is 8. The second-order valence-electron chi connectivity index (χ2n) is 5.62. The van der Waals surface area contributed by atoms with Crippen LogP contribution in [0.2, 0.25) is 0 Å². The van der Waals surface area contributed by atoms with E-state index in [-0.39, 0.29) is 16.7 Å². The highest BCUT2D eigenvalue weighted by Crippen LogP contribution is 2.34. The number of rotatable bonds is 6. The lowest BCUT2D eigenvalue weighted by Gasteiger charge is -2.24. The first-order valence-corrected chi connectivity index (χ1v) is 10.0. The maximum atomic E-state index is 11.8. The van der Waals surface area contributed by atoms with Crippen LogP contribution in [-0.2, 0) is 10.3 Å². The van der Waals surface area contributed by atoms with Crippen molar-refractivity contribution in [2.24, 2.45) is 0 Å². The van der Waals surface area contributed by atoms with Crippen LogP contribution in [0, 0.1) is 0 Å². The van der Waals surface area contributed by atoms with Gasteiger partial charge >= 0.3 is 16.3 Å². The Morgan fingerprint density at radius 2 is 2.04 bits per heavy atom. The van der Waals surface area contributed by atoms with Gasteiger partial charge in [0.1, 0.15) is 10.8 Å². The lowest BCUT2D eigenvalue weighted by atomic mass is 10.1. The predicted octanol–water partition coefficient (Wildman–Crippen LogP) is 1.34. The van der Waals surface area contributed by atoms with Crippen molar-refractivity contribution in [3.8, 4) is 0 Å². The highest BCUT2D eigenvalue weighted by atomic mass is 32.2. The van der Waals surface area contributed by atoms with E-state index in [0.717, 1.165) is 37.3 Å². The quantitative estimate of drug-likeness (QED) is 0.529. The summed E-state index contributed by atoms with van der Waals surface area (Å²) in [4.78, 5) is 19.0. The SMILES string of the molecule is O=C(O)c1ncsc1N(c1ccc(NC2CCNCC2)nc1)S(=O)(=O)O. The summed E-state index contributed by atoms with van der Waals surface area (Å²) in [5.74, 6) is -0.828. The molecule has 2 aromatic rings. The molecule has 0 aliphatic carbocycles. The van der Waals surface area contributed by atoms with Gasteiger partial charge in [-0.1, -0.05) is 0 Å². The molecule has 0 saturated carbocycles. The number of nitrogens with zero attached hydrogens (tertiary/aromatic N) is 3. The molecule has 0 amide bonds. The lowest BCUT2D eigenvalue weighted by Crippen LogP contribution is -2.35.